The molecule has 0 aliphatic carbocycles. The zero-order valence-corrected chi connectivity index (χ0v) is 16.5. The fourth-order valence-corrected chi connectivity index (χ4v) is 5.66. The lowest BCUT2D eigenvalue weighted by molar-refractivity contribution is -0.915. The first-order valence-electron chi connectivity index (χ1n) is 10.5. The highest BCUT2D eigenvalue weighted by atomic mass is 16.2. The van der Waals surface area contributed by atoms with E-state index in [4.69, 9.17) is 0 Å². The normalized spacial score (nSPS) is 30.5. The van der Waals surface area contributed by atoms with E-state index in [1.54, 1.807) is 0 Å². The van der Waals surface area contributed by atoms with Gasteiger partial charge >= 0.3 is 0 Å². The molecule has 0 saturated carbocycles. The Hall–Kier alpha value is -2.79. The number of Topliss-reactive ketones (excluding diaryl/α,β-unsaturated/α-hetero) is 1. The molecule has 3 aliphatic heterocycles. The Labute approximate surface area is 170 Å². The van der Waals surface area contributed by atoms with Gasteiger partial charge in [0.25, 0.3) is 0 Å². The van der Waals surface area contributed by atoms with Crippen LogP contribution < -0.4 is 9.80 Å². The summed E-state index contributed by atoms with van der Waals surface area (Å²) in [6.07, 6.45) is 2.80. The monoisotopic (exact) mass is 389 g/mol. The van der Waals surface area contributed by atoms with E-state index < -0.39 is 12.0 Å². The summed E-state index contributed by atoms with van der Waals surface area (Å²) in [7, 11) is 0. The lowest BCUT2D eigenvalue weighted by atomic mass is 9.85. The number of hydrogen-bond acceptors (Lipinski definition) is 3. The van der Waals surface area contributed by atoms with Crippen LogP contribution in [-0.4, -0.2) is 36.2 Å². The number of anilines is 1. The van der Waals surface area contributed by atoms with Crippen molar-refractivity contribution in [1.29, 1.82) is 0 Å². The average molecular weight is 389 g/mol. The Balaban J connectivity index is 1.53. The standard InChI is InChI=1S/C24H24N2O3/c1-2-15-10-12-17(13-11-15)26-23(28)19-18-9-6-14-25(18)21(20(19)24(26)29)22(27)16-7-4-3-5-8-16/h3-5,7-8,10-13,18-21H,2,6,9,14H2,1H3/p+1/t18-,19+,20-,21+/m1/s1. The van der Waals surface area contributed by atoms with Gasteiger partial charge in [-0.3, -0.25) is 14.4 Å². The number of aryl methyl sites for hydroxylation is 1. The van der Waals surface area contributed by atoms with E-state index in [0.29, 0.717) is 11.3 Å². The maximum Gasteiger partial charge on any atom is 0.244 e. The van der Waals surface area contributed by atoms with E-state index in [2.05, 4.69) is 6.92 Å². The van der Waals surface area contributed by atoms with Gasteiger partial charge in [-0.15, -0.1) is 0 Å². The zero-order chi connectivity index (χ0) is 20.1. The second-order valence-corrected chi connectivity index (χ2v) is 8.37. The number of ketones is 1. The van der Waals surface area contributed by atoms with Gasteiger partial charge in [0.15, 0.2) is 6.04 Å². The van der Waals surface area contributed by atoms with Crippen molar-refractivity contribution in [3.8, 4) is 0 Å². The molecule has 0 radical (unpaired) electrons. The lowest BCUT2D eigenvalue weighted by Crippen LogP contribution is -3.16. The van der Waals surface area contributed by atoms with Crippen LogP contribution in [0.1, 0.15) is 35.7 Å². The van der Waals surface area contributed by atoms with Crippen molar-refractivity contribution in [2.75, 3.05) is 11.4 Å². The number of nitrogens with one attached hydrogen (secondary N) is 1. The molecular formula is C24H25N2O3+. The maximum atomic E-state index is 13.5. The first kappa shape index (κ1) is 18.3. The Bertz CT molecular complexity index is 969. The lowest BCUT2D eigenvalue weighted by Gasteiger charge is -2.25. The molecule has 0 bridgehead atoms. The molecule has 3 saturated heterocycles. The van der Waals surface area contributed by atoms with E-state index in [1.165, 1.54) is 4.90 Å². The van der Waals surface area contributed by atoms with E-state index in [1.807, 2.05) is 54.6 Å². The smallest absolute Gasteiger partial charge is 0.244 e. The quantitative estimate of drug-likeness (QED) is 0.639. The molecule has 0 spiro atoms. The van der Waals surface area contributed by atoms with Crippen LogP contribution in [0, 0.1) is 11.8 Å². The van der Waals surface area contributed by atoms with Crippen molar-refractivity contribution in [2.45, 2.75) is 38.3 Å². The first-order chi connectivity index (χ1) is 14.1. The van der Waals surface area contributed by atoms with Gasteiger partial charge in [0.2, 0.25) is 17.6 Å². The number of fused-ring (bicyclic) bond motifs is 3. The third-order valence-corrected chi connectivity index (χ3v) is 6.99. The van der Waals surface area contributed by atoms with Gasteiger partial charge in [0.05, 0.1) is 12.2 Å². The van der Waals surface area contributed by atoms with E-state index >= 15 is 0 Å². The van der Waals surface area contributed by atoms with Gasteiger partial charge in [-0.2, -0.15) is 0 Å². The van der Waals surface area contributed by atoms with Gasteiger partial charge in [-0.05, 0) is 24.1 Å². The number of imide groups is 1. The van der Waals surface area contributed by atoms with Gasteiger partial charge in [0, 0.05) is 18.4 Å². The summed E-state index contributed by atoms with van der Waals surface area (Å²) in [5, 5.41) is 0. The minimum atomic E-state index is -0.554. The Morgan fingerprint density at radius 1 is 1.00 bits per heavy atom. The van der Waals surface area contributed by atoms with Crippen molar-refractivity contribution >= 4 is 23.3 Å². The largest absolute Gasteiger partial charge is 0.322 e. The highest BCUT2D eigenvalue weighted by molar-refractivity contribution is 6.24. The number of amides is 2. The second-order valence-electron chi connectivity index (χ2n) is 8.37. The molecule has 1 unspecified atom stereocenters. The third-order valence-electron chi connectivity index (χ3n) is 6.99. The van der Waals surface area contributed by atoms with Gasteiger partial charge in [-0.1, -0.05) is 49.4 Å². The minimum absolute atomic E-state index is 0.00988. The summed E-state index contributed by atoms with van der Waals surface area (Å²) in [6.45, 7) is 2.93. The molecule has 3 fully saturated rings. The molecule has 5 nitrogen and oxygen atoms in total. The van der Waals surface area contributed by atoms with Crippen LogP contribution in [0.2, 0.25) is 0 Å². The van der Waals surface area contributed by atoms with Crippen LogP contribution in [0.25, 0.3) is 0 Å². The third kappa shape index (κ3) is 2.68. The molecule has 3 aliphatic rings. The summed E-state index contributed by atoms with van der Waals surface area (Å²) in [5.41, 5.74) is 2.41. The summed E-state index contributed by atoms with van der Waals surface area (Å²) in [4.78, 5) is 42.7. The number of benzene rings is 2. The number of rotatable bonds is 4. The van der Waals surface area contributed by atoms with Crippen molar-refractivity contribution in [1.82, 2.24) is 0 Å². The molecule has 5 rings (SSSR count). The van der Waals surface area contributed by atoms with Crippen molar-refractivity contribution in [3.05, 3.63) is 65.7 Å². The van der Waals surface area contributed by atoms with Crippen LogP contribution in [0.5, 0.6) is 0 Å². The molecule has 2 amide bonds. The predicted molar refractivity (Wildman–Crippen MR) is 109 cm³/mol. The number of carbonyl (C=O) groups is 3. The molecule has 2 aromatic rings. The Morgan fingerprint density at radius 2 is 1.69 bits per heavy atom. The number of hydrogen-bond donors (Lipinski definition) is 1. The van der Waals surface area contributed by atoms with E-state index in [-0.39, 0.29) is 29.6 Å². The van der Waals surface area contributed by atoms with Crippen molar-refractivity contribution in [2.24, 2.45) is 11.8 Å². The van der Waals surface area contributed by atoms with Crippen LogP contribution in [0.3, 0.4) is 0 Å². The topological polar surface area (TPSA) is 58.9 Å². The van der Waals surface area contributed by atoms with Gasteiger partial charge in [-0.25, -0.2) is 4.90 Å². The molecule has 1 N–H and O–H groups in total. The van der Waals surface area contributed by atoms with Crippen LogP contribution >= 0.6 is 0 Å². The average Bonchev–Trinajstić information content (AvgIpc) is 3.40. The molecular weight excluding hydrogens is 364 g/mol. The molecule has 29 heavy (non-hydrogen) atoms. The number of carbonyl (C=O) groups excluding carboxylic acids is 3. The van der Waals surface area contributed by atoms with E-state index in [0.717, 1.165) is 36.3 Å². The highest BCUT2D eigenvalue weighted by Crippen LogP contribution is 2.40. The molecule has 148 valence electrons. The van der Waals surface area contributed by atoms with Crippen molar-refractivity contribution in [3.63, 3.8) is 0 Å². The molecule has 3 heterocycles. The number of quaternary nitrogens is 1. The predicted octanol–water partition coefficient (Wildman–Crippen LogP) is 1.67. The molecule has 0 aromatic heterocycles. The van der Waals surface area contributed by atoms with Gasteiger partial charge in [0.1, 0.15) is 17.9 Å². The molecule has 2 aromatic carbocycles. The summed E-state index contributed by atoms with van der Waals surface area (Å²) in [5.74, 6) is -1.29. The maximum absolute atomic E-state index is 13.5. The molecule has 5 heteroatoms. The second kappa shape index (κ2) is 6.92. The van der Waals surface area contributed by atoms with Crippen LogP contribution in [0.4, 0.5) is 5.69 Å². The van der Waals surface area contributed by atoms with Crippen molar-refractivity contribution < 1.29 is 19.3 Å². The Morgan fingerprint density at radius 3 is 2.38 bits per heavy atom. The highest BCUT2D eigenvalue weighted by Gasteiger charge is 2.68. The summed E-state index contributed by atoms with van der Waals surface area (Å²) in [6, 6.07) is 16.4. The SMILES string of the molecule is CCc1ccc(N2C(=O)[C@@H]3[C@@H](C2=O)[C@@H](C(=O)c2ccccc2)[NH+]2CCC[C@H]32)cc1. The minimum Gasteiger partial charge on any atom is -0.322 e. The summed E-state index contributed by atoms with van der Waals surface area (Å²) < 4.78 is 0. The zero-order valence-electron chi connectivity index (χ0n) is 16.5. The van der Waals surface area contributed by atoms with Gasteiger partial charge < -0.3 is 4.90 Å². The molecule has 5 atom stereocenters. The van der Waals surface area contributed by atoms with Crippen LogP contribution in [-0.2, 0) is 16.0 Å². The van der Waals surface area contributed by atoms with E-state index in [9.17, 15) is 14.4 Å². The van der Waals surface area contributed by atoms with Crippen LogP contribution in [0.15, 0.2) is 54.6 Å². The fourth-order valence-electron chi connectivity index (χ4n) is 5.66. The Kier molecular flexibility index (Phi) is 4.36. The summed E-state index contributed by atoms with van der Waals surface area (Å²) >= 11 is 0. The fraction of sp³-hybridized carbons (Fsp3) is 0.375. The first-order valence-corrected chi connectivity index (χ1v) is 10.5. The number of nitrogens with zero attached hydrogens (tertiary/aromatic N) is 1.